The fourth-order valence-corrected chi connectivity index (χ4v) is 1.82. The van der Waals surface area contributed by atoms with Crippen molar-refractivity contribution in [2.24, 2.45) is 5.73 Å². The third-order valence-corrected chi connectivity index (χ3v) is 2.89. The summed E-state index contributed by atoms with van der Waals surface area (Å²) in [5, 5.41) is 0. The summed E-state index contributed by atoms with van der Waals surface area (Å²) in [7, 11) is 0. The van der Waals surface area contributed by atoms with Crippen LogP contribution >= 0.6 is 0 Å². The molecule has 0 aliphatic rings. The van der Waals surface area contributed by atoms with Gasteiger partial charge in [0, 0.05) is 5.56 Å². The van der Waals surface area contributed by atoms with Gasteiger partial charge in [-0.3, -0.25) is 14.5 Å². The van der Waals surface area contributed by atoms with Crippen molar-refractivity contribution < 1.29 is 9.59 Å². The van der Waals surface area contributed by atoms with Crippen LogP contribution in [0.15, 0.2) is 18.2 Å². The molecule has 0 aromatic heterocycles. The van der Waals surface area contributed by atoms with Gasteiger partial charge in [-0.15, -0.1) is 0 Å². The number of aryl methyl sites for hydroxylation is 2. The second-order valence-electron chi connectivity index (χ2n) is 4.51. The molecule has 0 aliphatic carbocycles. The van der Waals surface area contributed by atoms with Crippen molar-refractivity contribution in [2.75, 3.05) is 19.6 Å². The van der Waals surface area contributed by atoms with Crippen LogP contribution in [0.5, 0.6) is 0 Å². The average Bonchev–Trinajstić information content (AvgIpc) is 2.30. The third kappa shape index (κ3) is 3.96. The molecule has 0 heterocycles. The van der Waals surface area contributed by atoms with E-state index in [2.05, 4.69) is 0 Å². The normalized spacial score (nSPS) is 10.7. The number of Topliss-reactive ketones (excluding diaryl/α,β-unsaturated/α-hetero) is 1. The highest BCUT2D eigenvalue weighted by Crippen LogP contribution is 2.12. The largest absolute Gasteiger partial charge is 0.369 e. The number of rotatable bonds is 6. The molecule has 1 aromatic rings. The van der Waals surface area contributed by atoms with Gasteiger partial charge in [-0.25, -0.2) is 0 Å². The minimum absolute atomic E-state index is 0.0271. The SMILES string of the molecule is CCN(CC(N)=O)CC(=O)c1cc(C)ccc1C. The van der Waals surface area contributed by atoms with Crippen LogP contribution in [0.3, 0.4) is 0 Å². The summed E-state index contributed by atoms with van der Waals surface area (Å²) >= 11 is 0. The highest BCUT2D eigenvalue weighted by molar-refractivity contribution is 5.99. The molecule has 2 N–H and O–H groups in total. The summed E-state index contributed by atoms with van der Waals surface area (Å²) in [5.74, 6) is -0.384. The molecule has 0 atom stereocenters. The second-order valence-corrected chi connectivity index (χ2v) is 4.51. The Morgan fingerprint density at radius 2 is 1.89 bits per heavy atom. The van der Waals surface area contributed by atoms with Crippen molar-refractivity contribution in [2.45, 2.75) is 20.8 Å². The van der Waals surface area contributed by atoms with Gasteiger partial charge in [0.15, 0.2) is 5.78 Å². The molecule has 98 valence electrons. The molecule has 0 saturated heterocycles. The van der Waals surface area contributed by atoms with Gasteiger partial charge in [-0.05, 0) is 32.0 Å². The van der Waals surface area contributed by atoms with E-state index in [1.54, 1.807) is 4.90 Å². The Bertz CT molecular complexity index is 455. The Morgan fingerprint density at radius 1 is 1.22 bits per heavy atom. The molecule has 0 radical (unpaired) electrons. The molecule has 1 aromatic carbocycles. The summed E-state index contributed by atoms with van der Waals surface area (Å²) < 4.78 is 0. The van der Waals surface area contributed by atoms with Gasteiger partial charge in [0.2, 0.25) is 5.91 Å². The number of benzene rings is 1. The number of hydrogen-bond acceptors (Lipinski definition) is 3. The lowest BCUT2D eigenvalue weighted by Crippen LogP contribution is -2.37. The first kappa shape index (κ1) is 14.4. The highest BCUT2D eigenvalue weighted by Gasteiger charge is 2.14. The Balaban J connectivity index is 2.80. The van der Waals surface area contributed by atoms with E-state index in [0.29, 0.717) is 6.54 Å². The van der Waals surface area contributed by atoms with Crippen molar-refractivity contribution in [1.29, 1.82) is 0 Å². The van der Waals surface area contributed by atoms with E-state index in [9.17, 15) is 9.59 Å². The second kappa shape index (κ2) is 6.31. The molecule has 18 heavy (non-hydrogen) atoms. The molecule has 1 rings (SSSR count). The lowest BCUT2D eigenvalue weighted by Gasteiger charge is -2.18. The van der Waals surface area contributed by atoms with Crippen LogP contribution in [-0.4, -0.2) is 36.2 Å². The molecule has 4 nitrogen and oxygen atoms in total. The van der Waals surface area contributed by atoms with E-state index in [4.69, 9.17) is 5.73 Å². The number of carbonyl (C=O) groups is 2. The summed E-state index contributed by atoms with van der Waals surface area (Å²) in [6.07, 6.45) is 0. The maximum absolute atomic E-state index is 12.2. The predicted octanol–water partition coefficient (Wildman–Crippen LogP) is 1.29. The lowest BCUT2D eigenvalue weighted by molar-refractivity contribution is -0.118. The van der Waals surface area contributed by atoms with E-state index >= 15 is 0 Å². The molecular weight excluding hydrogens is 228 g/mol. The van der Waals surface area contributed by atoms with Crippen molar-refractivity contribution in [3.05, 3.63) is 34.9 Å². The molecule has 4 heteroatoms. The fourth-order valence-electron chi connectivity index (χ4n) is 1.82. The highest BCUT2D eigenvalue weighted by atomic mass is 16.1. The number of amides is 1. The topological polar surface area (TPSA) is 63.4 Å². The van der Waals surface area contributed by atoms with Gasteiger partial charge in [-0.1, -0.05) is 24.6 Å². The molecule has 1 amide bonds. The minimum Gasteiger partial charge on any atom is -0.369 e. The maximum Gasteiger partial charge on any atom is 0.231 e. The van der Waals surface area contributed by atoms with Gasteiger partial charge in [0.1, 0.15) is 0 Å². The third-order valence-electron chi connectivity index (χ3n) is 2.89. The Hall–Kier alpha value is -1.68. The number of carbonyl (C=O) groups excluding carboxylic acids is 2. The quantitative estimate of drug-likeness (QED) is 0.772. The average molecular weight is 248 g/mol. The van der Waals surface area contributed by atoms with Crippen LogP contribution in [-0.2, 0) is 4.79 Å². The summed E-state index contributed by atoms with van der Waals surface area (Å²) in [6.45, 7) is 6.74. The molecular formula is C14H20N2O2. The number of primary amides is 1. The molecule has 0 fully saturated rings. The molecule has 0 bridgehead atoms. The van der Waals surface area contributed by atoms with Gasteiger partial charge in [0.25, 0.3) is 0 Å². The van der Waals surface area contributed by atoms with E-state index < -0.39 is 5.91 Å². The van der Waals surface area contributed by atoms with Crippen LogP contribution < -0.4 is 5.73 Å². The van der Waals surface area contributed by atoms with E-state index in [1.807, 2.05) is 39.0 Å². The Kier molecular flexibility index (Phi) is 5.04. The molecule has 0 aliphatic heterocycles. The summed E-state index contributed by atoms with van der Waals surface area (Å²) in [6, 6.07) is 5.80. The minimum atomic E-state index is -0.411. The Labute approximate surface area is 108 Å². The van der Waals surface area contributed by atoms with Crippen LogP contribution in [0, 0.1) is 13.8 Å². The summed E-state index contributed by atoms with van der Waals surface area (Å²) in [5.41, 5.74) is 7.88. The first-order valence-corrected chi connectivity index (χ1v) is 6.05. The first-order valence-electron chi connectivity index (χ1n) is 6.05. The number of nitrogens with two attached hydrogens (primary N) is 1. The van der Waals surface area contributed by atoms with Gasteiger partial charge in [0.05, 0.1) is 13.1 Å². The maximum atomic E-state index is 12.2. The van der Waals surface area contributed by atoms with Crippen molar-refractivity contribution in [1.82, 2.24) is 4.90 Å². The fraction of sp³-hybridized carbons (Fsp3) is 0.429. The number of ketones is 1. The predicted molar refractivity (Wildman–Crippen MR) is 71.6 cm³/mol. The summed E-state index contributed by atoms with van der Waals surface area (Å²) in [4.78, 5) is 24.8. The smallest absolute Gasteiger partial charge is 0.231 e. The number of likely N-dealkylation sites (N-methyl/N-ethyl adjacent to an activating group) is 1. The number of hydrogen-bond donors (Lipinski definition) is 1. The molecule has 0 spiro atoms. The zero-order valence-electron chi connectivity index (χ0n) is 11.2. The van der Waals surface area contributed by atoms with Crippen LogP contribution in [0.1, 0.15) is 28.4 Å². The van der Waals surface area contributed by atoms with Crippen LogP contribution in [0.25, 0.3) is 0 Å². The first-order chi connectivity index (χ1) is 8.43. The zero-order valence-corrected chi connectivity index (χ0v) is 11.2. The Morgan fingerprint density at radius 3 is 2.44 bits per heavy atom. The number of nitrogens with zero attached hydrogens (tertiary/aromatic N) is 1. The van der Waals surface area contributed by atoms with Gasteiger partial charge < -0.3 is 5.73 Å². The van der Waals surface area contributed by atoms with E-state index in [1.165, 1.54) is 0 Å². The molecule has 0 unspecified atom stereocenters. The zero-order chi connectivity index (χ0) is 13.7. The van der Waals surface area contributed by atoms with Crippen molar-refractivity contribution in [3.8, 4) is 0 Å². The van der Waals surface area contributed by atoms with E-state index in [-0.39, 0.29) is 18.9 Å². The van der Waals surface area contributed by atoms with Crippen LogP contribution in [0.2, 0.25) is 0 Å². The van der Waals surface area contributed by atoms with Crippen LogP contribution in [0.4, 0.5) is 0 Å². The van der Waals surface area contributed by atoms with Crippen molar-refractivity contribution >= 4 is 11.7 Å². The van der Waals surface area contributed by atoms with Crippen molar-refractivity contribution in [3.63, 3.8) is 0 Å². The van der Waals surface area contributed by atoms with Gasteiger partial charge in [-0.2, -0.15) is 0 Å². The lowest BCUT2D eigenvalue weighted by atomic mass is 10.0. The molecule has 0 saturated carbocycles. The monoisotopic (exact) mass is 248 g/mol. The van der Waals surface area contributed by atoms with Gasteiger partial charge >= 0.3 is 0 Å². The standard InChI is InChI=1S/C14H20N2O2/c1-4-16(9-14(15)18)8-13(17)12-7-10(2)5-6-11(12)3/h5-7H,4,8-9H2,1-3H3,(H2,15,18). The van der Waals surface area contributed by atoms with E-state index in [0.717, 1.165) is 16.7 Å².